The first-order chi connectivity index (χ1) is 7.86. The molecular formula is C12H12BNO2. The maximum atomic E-state index is 5.38. The molecule has 16 heavy (non-hydrogen) atoms. The average Bonchev–Trinajstić information content (AvgIpc) is 2.38. The molecule has 2 heterocycles. The molecule has 2 aromatic rings. The van der Waals surface area contributed by atoms with Crippen LogP contribution in [0.2, 0.25) is 0 Å². The van der Waals surface area contributed by atoms with Crippen molar-refractivity contribution in [3.63, 3.8) is 0 Å². The van der Waals surface area contributed by atoms with Crippen LogP contribution in [-0.2, 0) is 0 Å². The van der Waals surface area contributed by atoms with Crippen molar-refractivity contribution in [2.24, 2.45) is 0 Å². The number of hydrogen-bond acceptors (Lipinski definition) is 3. The Hall–Kier alpha value is -1.84. The molecule has 0 radical (unpaired) electrons. The van der Waals surface area contributed by atoms with Crippen molar-refractivity contribution in [2.75, 3.05) is 14.2 Å². The molecule has 0 aromatic carbocycles. The molecule has 0 aliphatic rings. The van der Waals surface area contributed by atoms with Gasteiger partial charge in [-0.25, -0.2) is 0 Å². The summed E-state index contributed by atoms with van der Waals surface area (Å²) in [4.78, 5) is 4.00. The normalized spacial score (nSPS) is 9.62. The summed E-state index contributed by atoms with van der Waals surface area (Å²) >= 11 is 0. The molecule has 80 valence electrons. The number of ether oxygens (including phenoxy) is 2. The Kier molecular flexibility index (Phi) is 3.20. The molecule has 2 aromatic heterocycles. The van der Waals surface area contributed by atoms with Crippen LogP contribution in [0.15, 0.2) is 36.6 Å². The predicted molar refractivity (Wildman–Crippen MR) is 64.1 cm³/mol. The SMILES string of the molecule is COc1ccbc(-c2ccncc2)c1OC. The second kappa shape index (κ2) is 4.79. The van der Waals surface area contributed by atoms with E-state index in [1.165, 1.54) is 0 Å². The number of nitrogens with zero attached hydrogens (tertiary/aromatic N) is 1. The van der Waals surface area contributed by atoms with E-state index in [0.717, 1.165) is 22.5 Å². The summed E-state index contributed by atoms with van der Waals surface area (Å²) in [6.07, 6.45) is 3.52. The molecule has 0 N–H and O–H groups in total. The van der Waals surface area contributed by atoms with E-state index in [0.29, 0.717) is 0 Å². The van der Waals surface area contributed by atoms with Crippen LogP contribution in [0.5, 0.6) is 11.5 Å². The van der Waals surface area contributed by atoms with Gasteiger partial charge in [0.2, 0.25) is 0 Å². The Morgan fingerprint density at radius 1 is 1.06 bits per heavy atom. The zero-order chi connectivity index (χ0) is 11.4. The van der Waals surface area contributed by atoms with Gasteiger partial charge >= 0.3 is 94.7 Å². The van der Waals surface area contributed by atoms with E-state index in [1.807, 2.05) is 31.1 Å². The maximum absolute atomic E-state index is 5.38. The molecule has 0 aliphatic carbocycles. The third-order valence-corrected chi connectivity index (χ3v) is 2.39. The van der Waals surface area contributed by atoms with E-state index >= 15 is 0 Å². The van der Waals surface area contributed by atoms with Crippen LogP contribution in [0, 0.1) is 0 Å². The van der Waals surface area contributed by atoms with Gasteiger partial charge < -0.3 is 0 Å². The minimum absolute atomic E-state index is 0.733. The van der Waals surface area contributed by atoms with E-state index in [9.17, 15) is 0 Å². The van der Waals surface area contributed by atoms with Crippen molar-refractivity contribution in [3.05, 3.63) is 36.6 Å². The number of rotatable bonds is 3. The molecule has 0 amide bonds. The third kappa shape index (κ3) is 1.91. The van der Waals surface area contributed by atoms with Gasteiger partial charge in [0.05, 0.1) is 0 Å². The molecule has 0 atom stereocenters. The second-order valence-corrected chi connectivity index (χ2v) is 3.28. The van der Waals surface area contributed by atoms with Gasteiger partial charge in [0, 0.05) is 0 Å². The Bertz CT molecular complexity index is 474. The second-order valence-electron chi connectivity index (χ2n) is 3.28. The van der Waals surface area contributed by atoms with Crippen molar-refractivity contribution in [1.82, 2.24) is 4.98 Å². The van der Waals surface area contributed by atoms with Gasteiger partial charge in [0.15, 0.2) is 0 Å². The molecule has 3 nitrogen and oxygen atoms in total. The molecule has 0 spiro atoms. The quantitative estimate of drug-likeness (QED) is 0.782. The molecule has 0 saturated heterocycles. The van der Waals surface area contributed by atoms with E-state index in [2.05, 4.69) is 4.98 Å². The number of hydrogen-bond donors (Lipinski definition) is 0. The van der Waals surface area contributed by atoms with Crippen LogP contribution in [0.25, 0.3) is 11.0 Å². The fourth-order valence-electron chi connectivity index (χ4n) is 1.65. The first-order valence-corrected chi connectivity index (χ1v) is 4.98. The van der Waals surface area contributed by atoms with Crippen molar-refractivity contribution in [2.45, 2.75) is 0 Å². The summed E-state index contributed by atoms with van der Waals surface area (Å²) in [6.45, 7) is 2.00. The van der Waals surface area contributed by atoms with Crippen LogP contribution in [0.1, 0.15) is 0 Å². The Morgan fingerprint density at radius 2 is 1.81 bits per heavy atom. The summed E-state index contributed by atoms with van der Waals surface area (Å²) in [5.74, 6) is 3.42. The van der Waals surface area contributed by atoms with E-state index in [-0.39, 0.29) is 0 Å². The summed E-state index contributed by atoms with van der Waals surface area (Å²) in [5.41, 5.74) is 2.06. The fourth-order valence-corrected chi connectivity index (χ4v) is 1.65. The topological polar surface area (TPSA) is 31.4 Å². The minimum atomic E-state index is 0.733. The molecular weight excluding hydrogens is 201 g/mol. The molecule has 2 rings (SSSR count). The van der Waals surface area contributed by atoms with Crippen molar-refractivity contribution < 1.29 is 9.47 Å². The Morgan fingerprint density at radius 3 is 2.44 bits per heavy atom. The first-order valence-electron chi connectivity index (χ1n) is 4.98. The van der Waals surface area contributed by atoms with Crippen LogP contribution in [0.3, 0.4) is 0 Å². The van der Waals surface area contributed by atoms with Gasteiger partial charge in [-0.15, -0.1) is 0 Å². The number of pyridine rings is 1. The Labute approximate surface area is 95.3 Å². The Balaban J connectivity index is 2.57. The van der Waals surface area contributed by atoms with Gasteiger partial charge in [-0.05, 0) is 0 Å². The molecule has 0 aliphatic heterocycles. The molecule has 0 saturated carbocycles. The summed E-state index contributed by atoms with van der Waals surface area (Å²) in [5, 5.41) is 0. The molecule has 0 unspecified atom stereocenters. The van der Waals surface area contributed by atoms with E-state index < -0.39 is 0 Å². The number of aromatic nitrogens is 1. The van der Waals surface area contributed by atoms with Crippen molar-refractivity contribution in [1.29, 1.82) is 0 Å². The average molecular weight is 213 g/mol. The van der Waals surface area contributed by atoms with Gasteiger partial charge in [-0.3, -0.25) is 0 Å². The summed E-state index contributed by atoms with van der Waals surface area (Å²) < 4.78 is 10.6. The van der Waals surface area contributed by atoms with Crippen LogP contribution in [0.4, 0.5) is 0 Å². The molecule has 0 bridgehead atoms. The van der Waals surface area contributed by atoms with Gasteiger partial charge in [0.1, 0.15) is 0 Å². The summed E-state index contributed by atoms with van der Waals surface area (Å²) in [6, 6.07) is 5.76. The van der Waals surface area contributed by atoms with Crippen LogP contribution >= 0.6 is 0 Å². The molecule has 0 fully saturated rings. The van der Waals surface area contributed by atoms with Crippen molar-refractivity contribution in [3.8, 4) is 22.5 Å². The zero-order valence-electron chi connectivity index (χ0n) is 9.31. The van der Waals surface area contributed by atoms with Gasteiger partial charge in [-0.1, -0.05) is 0 Å². The van der Waals surface area contributed by atoms with E-state index in [4.69, 9.17) is 9.47 Å². The zero-order valence-corrected chi connectivity index (χ0v) is 9.31. The van der Waals surface area contributed by atoms with Gasteiger partial charge in [0.25, 0.3) is 0 Å². The van der Waals surface area contributed by atoms with Gasteiger partial charge in [-0.2, -0.15) is 0 Å². The molecule has 4 heteroatoms. The summed E-state index contributed by atoms with van der Waals surface area (Å²) in [7, 11) is 3.27. The standard InChI is InChI=1S/C12H12BNO2/c1-15-10-3-6-13-11(12(10)16-2)9-4-7-14-8-5-9/h3-8H,1-2H3. The first kappa shape index (κ1) is 10.7. The third-order valence-electron chi connectivity index (χ3n) is 2.39. The van der Waals surface area contributed by atoms with E-state index in [1.54, 1.807) is 26.6 Å². The fraction of sp³-hybridized carbons (Fsp3) is 0.167. The number of methoxy groups -OCH3 is 2. The van der Waals surface area contributed by atoms with Crippen LogP contribution < -0.4 is 9.47 Å². The van der Waals surface area contributed by atoms with Crippen LogP contribution in [-0.4, -0.2) is 26.1 Å². The van der Waals surface area contributed by atoms with Crippen molar-refractivity contribution >= 4 is 6.91 Å². The predicted octanol–water partition coefficient (Wildman–Crippen LogP) is 2.10. The monoisotopic (exact) mass is 213 g/mol.